The Morgan fingerprint density at radius 1 is 1.09 bits per heavy atom. The van der Waals surface area contributed by atoms with Gasteiger partial charge in [0.2, 0.25) is 0 Å². The van der Waals surface area contributed by atoms with Crippen LogP contribution < -0.4 is 9.47 Å². The summed E-state index contributed by atoms with van der Waals surface area (Å²) in [5.41, 5.74) is 2.47. The van der Waals surface area contributed by atoms with Crippen molar-refractivity contribution in [2.75, 3.05) is 13.7 Å². The van der Waals surface area contributed by atoms with E-state index in [2.05, 4.69) is 17.1 Å². The molecule has 4 heteroatoms. The summed E-state index contributed by atoms with van der Waals surface area (Å²) in [6, 6.07) is 11.7. The highest BCUT2D eigenvalue weighted by Gasteiger charge is 2.04. The molecule has 22 heavy (non-hydrogen) atoms. The Labute approximate surface area is 131 Å². The first-order chi connectivity index (χ1) is 10.7. The van der Waals surface area contributed by atoms with Crippen LogP contribution in [0.5, 0.6) is 11.5 Å². The average molecular weight is 299 g/mol. The van der Waals surface area contributed by atoms with E-state index in [1.54, 1.807) is 13.2 Å². The Kier molecular flexibility index (Phi) is 5.95. The molecule has 0 aliphatic rings. The first-order valence-electron chi connectivity index (χ1n) is 7.41. The van der Waals surface area contributed by atoms with Crippen LogP contribution in [-0.2, 0) is 6.42 Å². The first kappa shape index (κ1) is 16.0. The summed E-state index contributed by atoms with van der Waals surface area (Å²) in [5, 5.41) is 0. The third-order valence-electron chi connectivity index (χ3n) is 3.41. The molecule has 0 aliphatic carbocycles. The zero-order valence-corrected chi connectivity index (χ0v) is 13.0. The van der Waals surface area contributed by atoms with Gasteiger partial charge in [-0.2, -0.15) is 0 Å². The van der Waals surface area contributed by atoms with E-state index in [-0.39, 0.29) is 0 Å². The second-order valence-corrected chi connectivity index (χ2v) is 5.11. The molecule has 0 saturated heterocycles. The number of unbranched alkanes of at least 4 members (excludes halogenated alkanes) is 1. The van der Waals surface area contributed by atoms with Crippen LogP contribution in [0.25, 0.3) is 0 Å². The maximum atomic E-state index is 11.0. The fourth-order valence-corrected chi connectivity index (χ4v) is 2.18. The molecule has 0 saturated carbocycles. The molecule has 116 valence electrons. The van der Waals surface area contributed by atoms with Gasteiger partial charge in [-0.3, -0.25) is 4.79 Å². The Morgan fingerprint density at radius 3 is 2.55 bits per heavy atom. The summed E-state index contributed by atoms with van der Waals surface area (Å²) in [6.07, 6.45) is 3.69. The van der Waals surface area contributed by atoms with Crippen LogP contribution >= 0.6 is 0 Å². The lowest BCUT2D eigenvalue weighted by molar-refractivity contribution is 0.111. The lowest BCUT2D eigenvalue weighted by Gasteiger charge is -2.08. The van der Waals surface area contributed by atoms with Crippen molar-refractivity contribution < 1.29 is 14.3 Å². The van der Waals surface area contributed by atoms with Crippen molar-refractivity contribution in [1.29, 1.82) is 0 Å². The van der Waals surface area contributed by atoms with E-state index < -0.39 is 0 Å². The molecule has 0 aliphatic heterocycles. The average Bonchev–Trinajstić information content (AvgIpc) is 2.56. The summed E-state index contributed by atoms with van der Waals surface area (Å²) in [6.45, 7) is 2.44. The normalized spacial score (nSPS) is 10.3. The van der Waals surface area contributed by atoms with Crippen molar-refractivity contribution in [1.82, 2.24) is 4.98 Å². The van der Waals surface area contributed by atoms with E-state index in [1.807, 2.05) is 25.1 Å². The summed E-state index contributed by atoms with van der Waals surface area (Å²) < 4.78 is 10.8. The molecule has 0 bridgehead atoms. The Morgan fingerprint density at radius 2 is 1.86 bits per heavy atom. The van der Waals surface area contributed by atoms with Crippen molar-refractivity contribution in [3.63, 3.8) is 0 Å². The number of rotatable bonds is 8. The van der Waals surface area contributed by atoms with Gasteiger partial charge in [0, 0.05) is 5.69 Å². The first-order valence-corrected chi connectivity index (χ1v) is 7.41. The third kappa shape index (κ3) is 4.58. The van der Waals surface area contributed by atoms with E-state index in [0.29, 0.717) is 18.1 Å². The minimum Gasteiger partial charge on any atom is -0.497 e. The van der Waals surface area contributed by atoms with Crippen molar-refractivity contribution in [2.24, 2.45) is 0 Å². The number of aldehydes is 1. The van der Waals surface area contributed by atoms with Crippen molar-refractivity contribution in [3.05, 3.63) is 53.3 Å². The van der Waals surface area contributed by atoms with Gasteiger partial charge in [-0.15, -0.1) is 0 Å². The Balaban J connectivity index is 1.74. The molecular formula is C18H21NO3. The van der Waals surface area contributed by atoms with Gasteiger partial charge < -0.3 is 9.47 Å². The second-order valence-electron chi connectivity index (χ2n) is 5.11. The SMILES string of the molecule is COc1ccc(CCCCOc2ccc(C)nc2C=O)cc1. The zero-order valence-electron chi connectivity index (χ0n) is 13.0. The van der Waals surface area contributed by atoms with Gasteiger partial charge in [0.15, 0.2) is 6.29 Å². The number of aromatic nitrogens is 1. The maximum absolute atomic E-state index is 11.0. The molecule has 0 radical (unpaired) electrons. The molecule has 0 spiro atoms. The van der Waals surface area contributed by atoms with Crippen LogP contribution in [0, 0.1) is 6.92 Å². The van der Waals surface area contributed by atoms with E-state index in [9.17, 15) is 4.79 Å². The van der Waals surface area contributed by atoms with Gasteiger partial charge in [0.25, 0.3) is 0 Å². The fourth-order valence-electron chi connectivity index (χ4n) is 2.18. The van der Waals surface area contributed by atoms with Gasteiger partial charge in [-0.25, -0.2) is 4.98 Å². The molecule has 1 heterocycles. The molecule has 0 atom stereocenters. The highest BCUT2D eigenvalue weighted by atomic mass is 16.5. The van der Waals surface area contributed by atoms with Gasteiger partial charge in [0.1, 0.15) is 17.2 Å². The fraction of sp³-hybridized carbons (Fsp3) is 0.333. The molecule has 0 amide bonds. The van der Waals surface area contributed by atoms with Crippen LogP contribution in [0.4, 0.5) is 0 Å². The molecule has 0 N–H and O–H groups in total. The number of hydrogen-bond donors (Lipinski definition) is 0. The smallest absolute Gasteiger partial charge is 0.172 e. The molecule has 1 aromatic carbocycles. The van der Waals surface area contributed by atoms with Crippen LogP contribution in [0.15, 0.2) is 36.4 Å². The van der Waals surface area contributed by atoms with Crippen molar-refractivity contribution in [2.45, 2.75) is 26.2 Å². The minimum atomic E-state index is 0.371. The lowest BCUT2D eigenvalue weighted by Crippen LogP contribution is -2.02. The lowest BCUT2D eigenvalue weighted by atomic mass is 10.1. The predicted molar refractivity (Wildman–Crippen MR) is 85.8 cm³/mol. The Bertz CT molecular complexity index is 608. The molecule has 0 fully saturated rings. The van der Waals surface area contributed by atoms with Gasteiger partial charge in [-0.1, -0.05) is 12.1 Å². The number of aryl methyl sites for hydroxylation is 2. The number of benzene rings is 1. The summed E-state index contributed by atoms with van der Waals surface area (Å²) in [4.78, 5) is 15.1. The van der Waals surface area contributed by atoms with Crippen LogP contribution in [-0.4, -0.2) is 25.0 Å². The maximum Gasteiger partial charge on any atom is 0.172 e. The minimum absolute atomic E-state index is 0.371. The monoisotopic (exact) mass is 299 g/mol. The Hall–Kier alpha value is -2.36. The van der Waals surface area contributed by atoms with E-state index in [4.69, 9.17) is 9.47 Å². The van der Waals surface area contributed by atoms with Crippen LogP contribution in [0.1, 0.15) is 34.6 Å². The number of pyridine rings is 1. The molecule has 2 rings (SSSR count). The van der Waals surface area contributed by atoms with Crippen LogP contribution in [0.3, 0.4) is 0 Å². The number of carbonyl (C=O) groups is 1. The third-order valence-corrected chi connectivity index (χ3v) is 3.41. The summed E-state index contributed by atoms with van der Waals surface area (Å²) >= 11 is 0. The van der Waals surface area contributed by atoms with E-state index in [1.165, 1.54) is 5.56 Å². The summed E-state index contributed by atoms with van der Waals surface area (Å²) in [5.74, 6) is 1.44. The van der Waals surface area contributed by atoms with E-state index >= 15 is 0 Å². The van der Waals surface area contributed by atoms with Gasteiger partial charge in [-0.05, 0) is 56.0 Å². The van der Waals surface area contributed by atoms with Crippen molar-refractivity contribution >= 4 is 6.29 Å². The molecule has 1 aromatic heterocycles. The zero-order chi connectivity index (χ0) is 15.8. The largest absolute Gasteiger partial charge is 0.497 e. The number of nitrogens with zero attached hydrogens (tertiary/aromatic N) is 1. The quantitative estimate of drug-likeness (QED) is 0.552. The topological polar surface area (TPSA) is 48.4 Å². The highest BCUT2D eigenvalue weighted by Crippen LogP contribution is 2.16. The summed E-state index contributed by atoms with van der Waals surface area (Å²) in [7, 11) is 1.67. The molecular weight excluding hydrogens is 278 g/mol. The van der Waals surface area contributed by atoms with E-state index in [0.717, 1.165) is 37.0 Å². The van der Waals surface area contributed by atoms with Crippen LogP contribution in [0.2, 0.25) is 0 Å². The molecule has 4 nitrogen and oxygen atoms in total. The number of methoxy groups -OCH3 is 1. The number of carbonyl (C=O) groups excluding carboxylic acids is 1. The molecule has 0 unspecified atom stereocenters. The van der Waals surface area contributed by atoms with Crippen molar-refractivity contribution in [3.8, 4) is 11.5 Å². The van der Waals surface area contributed by atoms with Gasteiger partial charge >= 0.3 is 0 Å². The number of ether oxygens (including phenoxy) is 2. The van der Waals surface area contributed by atoms with Gasteiger partial charge in [0.05, 0.1) is 13.7 Å². The predicted octanol–water partition coefficient (Wildman–Crippen LogP) is 3.61. The number of hydrogen-bond acceptors (Lipinski definition) is 4. The second kappa shape index (κ2) is 8.17. The highest BCUT2D eigenvalue weighted by molar-refractivity contribution is 5.76. The standard InChI is InChI=1S/C18H21NO3/c1-14-6-11-18(17(13-20)19-14)22-12-4-3-5-15-7-9-16(21-2)10-8-15/h6-11,13H,3-5,12H2,1-2H3. The molecule has 2 aromatic rings.